The van der Waals surface area contributed by atoms with Crippen molar-refractivity contribution in [2.75, 3.05) is 34.4 Å². The second-order valence-corrected chi connectivity index (χ2v) is 7.29. The summed E-state index contributed by atoms with van der Waals surface area (Å²) < 4.78 is 21.5. The van der Waals surface area contributed by atoms with Crippen LogP contribution in [0.5, 0.6) is 23.0 Å². The molecule has 0 radical (unpaired) electrons. The number of amides is 1. The molecular weight excluding hydrogens is 398 g/mol. The number of hydrogen-bond donors (Lipinski definition) is 0. The first-order chi connectivity index (χ1) is 15.1. The van der Waals surface area contributed by atoms with Crippen molar-refractivity contribution in [1.82, 2.24) is 14.9 Å². The molecule has 4 rings (SSSR count). The predicted octanol–water partition coefficient (Wildman–Crippen LogP) is 4.03. The van der Waals surface area contributed by atoms with Gasteiger partial charge in [-0.2, -0.15) is 0 Å². The highest BCUT2D eigenvalue weighted by Crippen LogP contribution is 2.36. The first kappa shape index (κ1) is 20.7. The van der Waals surface area contributed by atoms with Gasteiger partial charge in [0.15, 0.2) is 11.5 Å². The van der Waals surface area contributed by atoms with E-state index in [0.29, 0.717) is 36.1 Å². The van der Waals surface area contributed by atoms with Crippen LogP contribution in [0.3, 0.4) is 0 Å². The number of carbonyl (C=O) groups is 1. The number of carbonyl (C=O) groups excluding carboxylic acids is 1. The number of fused-ring (bicyclic) bond motifs is 1. The smallest absolute Gasteiger partial charge is 0.415 e. The van der Waals surface area contributed by atoms with Gasteiger partial charge >= 0.3 is 6.09 Å². The summed E-state index contributed by atoms with van der Waals surface area (Å²) in [6, 6.07) is 10.8. The Kier molecular flexibility index (Phi) is 6.06. The van der Waals surface area contributed by atoms with Crippen LogP contribution in [-0.2, 0) is 0 Å². The van der Waals surface area contributed by atoms with E-state index in [-0.39, 0.29) is 12.0 Å². The van der Waals surface area contributed by atoms with Gasteiger partial charge in [-0.15, -0.1) is 0 Å². The summed E-state index contributed by atoms with van der Waals surface area (Å²) in [4.78, 5) is 23.2. The average molecular weight is 423 g/mol. The number of likely N-dealkylation sites (tertiary alicyclic amines) is 1. The lowest BCUT2D eigenvalue weighted by Gasteiger charge is -2.31. The summed E-state index contributed by atoms with van der Waals surface area (Å²) in [5.74, 6) is 2.71. The summed E-state index contributed by atoms with van der Waals surface area (Å²) in [6.07, 6.45) is 2.81. The molecule has 2 heterocycles. The quantitative estimate of drug-likeness (QED) is 0.613. The van der Waals surface area contributed by atoms with Gasteiger partial charge in [-0.25, -0.2) is 14.8 Å². The maximum Gasteiger partial charge on any atom is 0.415 e. The molecule has 0 aliphatic carbocycles. The molecule has 1 aromatic heterocycles. The molecule has 1 amide bonds. The number of rotatable bonds is 5. The van der Waals surface area contributed by atoms with Crippen LogP contribution < -0.4 is 18.9 Å². The van der Waals surface area contributed by atoms with Gasteiger partial charge in [-0.3, -0.25) is 0 Å². The summed E-state index contributed by atoms with van der Waals surface area (Å²) in [5, 5.41) is 0.944. The Morgan fingerprint density at radius 1 is 0.903 bits per heavy atom. The summed E-state index contributed by atoms with van der Waals surface area (Å²) in [6.45, 7) is 1.19. The van der Waals surface area contributed by atoms with E-state index in [1.807, 2.05) is 12.1 Å². The van der Waals surface area contributed by atoms with Crippen LogP contribution in [0.4, 0.5) is 4.79 Å². The SMILES string of the molecule is COc1ccc(OC(=O)N2CCC(c3ncnc4cc(OC)c(OC)cc34)CC2)cc1. The van der Waals surface area contributed by atoms with Gasteiger partial charge in [0.05, 0.1) is 32.5 Å². The Morgan fingerprint density at radius 2 is 1.55 bits per heavy atom. The fraction of sp³-hybridized carbons (Fsp3) is 0.348. The molecule has 8 nitrogen and oxygen atoms in total. The van der Waals surface area contributed by atoms with Crippen LogP contribution in [0, 0.1) is 0 Å². The van der Waals surface area contributed by atoms with Crippen LogP contribution in [0.2, 0.25) is 0 Å². The topological polar surface area (TPSA) is 83.0 Å². The molecule has 0 N–H and O–H groups in total. The maximum absolute atomic E-state index is 12.5. The molecule has 162 valence electrons. The maximum atomic E-state index is 12.5. The number of benzene rings is 2. The Balaban J connectivity index is 1.45. The zero-order valence-corrected chi connectivity index (χ0v) is 17.8. The number of piperidine rings is 1. The number of hydrogen-bond acceptors (Lipinski definition) is 7. The molecule has 0 unspecified atom stereocenters. The van der Waals surface area contributed by atoms with Gasteiger partial charge in [-0.05, 0) is 43.2 Å². The molecule has 1 aliphatic heterocycles. The van der Waals surface area contributed by atoms with Crippen molar-refractivity contribution in [3.63, 3.8) is 0 Å². The molecular formula is C23H25N3O5. The van der Waals surface area contributed by atoms with Gasteiger partial charge < -0.3 is 23.8 Å². The van der Waals surface area contributed by atoms with E-state index in [9.17, 15) is 4.79 Å². The molecule has 3 aromatic rings. The lowest BCUT2D eigenvalue weighted by Crippen LogP contribution is -2.39. The minimum absolute atomic E-state index is 0.216. The molecule has 31 heavy (non-hydrogen) atoms. The van der Waals surface area contributed by atoms with Gasteiger partial charge in [-0.1, -0.05) is 0 Å². The van der Waals surface area contributed by atoms with Gasteiger partial charge in [0.1, 0.15) is 17.8 Å². The minimum atomic E-state index is -0.345. The highest BCUT2D eigenvalue weighted by Gasteiger charge is 2.27. The predicted molar refractivity (Wildman–Crippen MR) is 115 cm³/mol. The van der Waals surface area contributed by atoms with Crippen molar-refractivity contribution in [2.45, 2.75) is 18.8 Å². The molecule has 0 bridgehead atoms. The summed E-state index contributed by atoms with van der Waals surface area (Å²) in [5.41, 5.74) is 1.78. The van der Waals surface area contributed by atoms with Crippen molar-refractivity contribution in [1.29, 1.82) is 0 Å². The first-order valence-corrected chi connectivity index (χ1v) is 10.1. The van der Waals surface area contributed by atoms with Crippen molar-refractivity contribution < 1.29 is 23.7 Å². The lowest BCUT2D eigenvalue weighted by atomic mass is 9.91. The molecule has 0 spiro atoms. The van der Waals surface area contributed by atoms with E-state index in [1.54, 1.807) is 56.8 Å². The molecule has 2 aromatic carbocycles. The van der Waals surface area contributed by atoms with E-state index in [0.717, 1.165) is 29.4 Å². The Labute approximate surface area is 180 Å². The zero-order valence-electron chi connectivity index (χ0n) is 17.8. The number of methoxy groups -OCH3 is 3. The largest absolute Gasteiger partial charge is 0.497 e. The second kappa shape index (κ2) is 9.07. The molecule has 0 saturated carbocycles. The second-order valence-electron chi connectivity index (χ2n) is 7.29. The first-order valence-electron chi connectivity index (χ1n) is 10.1. The van der Waals surface area contributed by atoms with Crippen LogP contribution in [-0.4, -0.2) is 55.4 Å². The number of ether oxygens (including phenoxy) is 4. The Bertz CT molecular complexity index is 1060. The third kappa shape index (κ3) is 4.33. The van der Waals surface area contributed by atoms with Crippen LogP contribution in [0.25, 0.3) is 10.9 Å². The van der Waals surface area contributed by atoms with E-state index >= 15 is 0 Å². The van der Waals surface area contributed by atoms with Crippen LogP contribution in [0.1, 0.15) is 24.5 Å². The monoisotopic (exact) mass is 423 g/mol. The molecule has 0 atom stereocenters. The number of nitrogens with zero attached hydrogens (tertiary/aromatic N) is 3. The normalized spacial score (nSPS) is 14.4. The fourth-order valence-corrected chi connectivity index (χ4v) is 3.87. The van der Waals surface area contributed by atoms with Crippen LogP contribution >= 0.6 is 0 Å². The molecule has 1 saturated heterocycles. The van der Waals surface area contributed by atoms with Crippen molar-refractivity contribution in [3.05, 3.63) is 48.4 Å². The Morgan fingerprint density at radius 3 is 2.19 bits per heavy atom. The van der Waals surface area contributed by atoms with Crippen molar-refractivity contribution in [2.24, 2.45) is 0 Å². The zero-order chi connectivity index (χ0) is 21.8. The average Bonchev–Trinajstić information content (AvgIpc) is 2.83. The standard InChI is InChI=1S/C23H25N3O5/c1-28-16-4-6-17(7-5-16)31-23(27)26-10-8-15(9-11-26)22-18-12-20(29-2)21(30-3)13-19(18)24-14-25-22/h4-7,12-15H,8-11H2,1-3H3. The van der Waals surface area contributed by atoms with Crippen molar-refractivity contribution >= 4 is 17.0 Å². The van der Waals surface area contributed by atoms with Gasteiger partial charge in [0, 0.05) is 30.5 Å². The number of aromatic nitrogens is 2. The van der Waals surface area contributed by atoms with Gasteiger partial charge in [0.25, 0.3) is 0 Å². The van der Waals surface area contributed by atoms with E-state index in [4.69, 9.17) is 18.9 Å². The molecule has 1 fully saturated rings. The van der Waals surface area contributed by atoms with E-state index in [2.05, 4.69) is 9.97 Å². The van der Waals surface area contributed by atoms with E-state index in [1.165, 1.54) is 0 Å². The molecule has 1 aliphatic rings. The highest BCUT2D eigenvalue weighted by atomic mass is 16.6. The molecule has 8 heteroatoms. The summed E-state index contributed by atoms with van der Waals surface area (Å²) in [7, 11) is 4.81. The van der Waals surface area contributed by atoms with Crippen LogP contribution in [0.15, 0.2) is 42.7 Å². The van der Waals surface area contributed by atoms with Crippen molar-refractivity contribution in [3.8, 4) is 23.0 Å². The van der Waals surface area contributed by atoms with E-state index < -0.39 is 0 Å². The fourth-order valence-electron chi connectivity index (χ4n) is 3.87. The summed E-state index contributed by atoms with van der Waals surface area (Å²) >= 11 is 0. The highest BCUT2D eigenvalue weighted by molar-refractivity contribution is 5.85. The third-order valence-corrected chi connectivity index (χ3v) is 5.58. The van der Waals surface area contributed by atoms with Gasteiger partial charge in [0.2, 0.25) is 0 Å². The lowest BCUT2D eigenvalue weighted by molar-refractivity contribution is 0.138. The minimum Gasteiger partial charge on any atom is -0.497 e. The Hall–Kier alpha value is -3.55. The third-order valence-electron chi connectivity index (χ3n) is 5.58.